The Balaban J connectivity index is 3.24. The Morgan fingerprint density at radius 1 is 1.46 bits per heavy atom. The molecule has 0 saturated carbocycles. The van der Waals surface area contributed by atoms with E-state index in [4.69, 9.17) is 5.73 Å². The lowest BCUT2D eigenvalue weighted by Gasteiger charge is -2.10. The zero-order valence-corrected chi connectivity index (χ0v) is 6.72. The number of rotatable bonds is 1. The molecule has 13 heavy (non-hydrogen) atoms. The molecule has 0 spiro atoms. The Morgan fingerprint density at radius 2 is 2.08 bits per heavy atom. The summed E-state index contributed by atoms with van der Waals surface area (Å²) in [5.74, 6) is -0.471. The normalized spacial score (nSPS) is 11.4. The summed E-state index contributed by atoms with van der Waals surface area (Å²) in [5.41, 5.74) is 4.15. The standard InChI is InChI=1S/C7H7F3N2O/c1-13-6-5(7(8,9)10)2-4(11)3-12-6/h2-3H,11H2,1H3. The van der Waals surface area contributed by atoms with Gasteiger partial charge in [-0.25, -0.2) is 4.98 Å². The van der Waals surface area contributed by atoms with Crippen molar-refractivity contribution in [2.24, 2.45) is 0 Å². The molecule has 1 rings (SSSR count). The van der Waals surface area contributed by atoms with Crippen LogP contribution in [0.2, 0.25) is 0 Å². The van der Waals surface area contributed by atoms with Crippen LogP contribution < -0.4 is 10.5 Å². The van der Waals surface area contributed by atoms with E-state index in [0.29, 0.717) is 0 Å². The Labute approximate surface area is 72.3 Å². The van der Waals surface area contributed by atoms with Crippen LogP contribution in [-0.2, 0) is 6.18 Å². The van der Waals surface area contributed by atoms with Gasteiger partial charge in [-0.3, -0.25) is 0 Å². The lowest BCUT2D eigenvalue weighted by atomic mass is 10.2. The number of pyridine rings is 1. The molecule has 1 heterocycles. The van der Waals surface area contributed by atoms with Crippen LogP contribution >= 0.6 is 0 Å². The first kappa shape index (κ1) is 9.63. The van der Waals surface area contributed by atoms with Crippen molar-refractivity contribution in [3.63, 3.8) is 0 Å². The molecule has 1 aromatic heterocycles. The first-order valence-corrected chi connectivity index (χ1v) is 3.32. The molecule has 6 heteroatoms. The minimum Gasteiger partial charge on any atom is -0.481 e. The second-order valence-electron chi connectivity index (χ2n) is 2.32. The van der Waals surface area contributed by atoms with E-state index in [-0.39, 0.29) is 5.69 Å². The monoisotopic (exact) mass is 192 g/mol. The van der Waals surface area contributed by atoms with Gasteiger partial charge in [0.15, 0.2) is 0 Å². The summed E-state index contributed by atoms with van der Waals surface area (Å²) in [6.07, 6.45) is -3.39. The Morgan fingerprint density at radius 3 is 2.54 bits per heavy atom. The summed E-state index contributed by atoms with van der Waals surface area (Å²) < 4.78 is 41.2. The molecular weight excluding hydrogens is 185 g/mol. The van der Waals surface area contributed by atoms with E-state index < -0.39 is 17.6 Å². The first-order chi connectivity index (χ1) is 5.95. The third-order valence-electron chi connectivity index (χ3n) is 1.37. The lowest BCUT2D eigenvalue weighted by Crippen LogP contribution is -2.09. The first-order valence-electron chi connectivity index (χ1n) is 3.32. The molecule has 0 amide bonds. The maximum atomic E-state index is 12.2. The zero-order chi connectivity index (χ0) is 10.1. The summed E-state index contributed by atoms with van der Waals surface area (Å²) in [7, 11) is 1.12. The van der Waals surface area contributed by atoms with Crippen LogP contribution in [-0.4, -0.2) is 12.1 Å². The average molecular weight is 192 g/mol. The molecule has 72 valence electrons. The fourth-order valence-corrected chi connectivity index (χ4v) is 0.834. The maximum absolute atomic E-state index is 12.2. The van der Waals surface area contributed by atoms with Gasteiger partial charge in [0.2, 0.25) is 5.88 Å². The molecule has 0 bridgehead atoms. The topological polar surface area (TPSA) is 48.1 Å². The molecule has 0 aliphatic rings. The van der Waals surface area contributed by atoms with Gasteiger partial charge >= 0.3 is 6.18 Å². The predicted octanol–water partition coefficient (Wildman–Crippen LogP) is 1.69. The van der Waals surface area contributed by atoms with Crippen molar-refractivity contribution in [2.75, 3.05) is 12.8 Å². The SMILES string of the molecule is COc1ncc(N)cc1C(F)(F)F. The van der Waals surface area contributed by atoms with Gasteiger partial charge in [0, 0.05) is 0 Å². The van der Waals surface area contributed by atoms with Crippen molar-refractivity contribution in [3.8, 4) is 5.88 Å². The van der Waals surface area contributed by atoms with E-state index in [1.807, 2.05) is 0 Å². The van der Waals surface area contributed by atoms with Crippen molar-refractivity contribution in [3.05, 3.63) is 17.8 Å². The molecule has 0 aromatic carbocycles. The third-order valence-corrected chi connectivity index (χ3v) is 1.37. The molecule has 1 aromatic rings. The van der Waals surface area contributed by atoms with Crippen LogP contribution in [0, 0.1) is 0 Å². The van der Waals surface area contributed by atoms with Gasteiger partial charge in [0.25, 0.3) is 0 Å². The molecule has 0 unspecified atom stereocenters. The van der Waals surface area contributed by atoms with Gasteiger partial charge in [-0.15, -0.1) is 0 Å². The van der Waals surface area contributed by atoms with Crippen LogP contribution in [0.25, 0.3) is 0 Å². The number of nitrogens with zero attached hydrogens (tertiary/aromatic N) is 1. The van der Waals surface area contributed by atoms with Crippen molar-refractivity contribution in [1.82, 2.24) is 4.98 Å². The minimum atomic E-state index is -4.49. The Bertz CT molecular complexity index is 311. The number of alkyl halides is 3. The highest BCUT2D eigenvalue weighted by atomic mass is 19.4. The number of aromatic nitrogens is 1. The molecular formula is C7H7F3N2O. The van der Waals surface area contributed by atoms with Crippen LogP contribution in [0.4, 0.5) is 18.9 Å². The fourth-order valence-electron chi connectivity index (χ4n) is 0.834. The summed E-state index contributed by atoms with van der Waals surface area (Å²) in [6.45, 7) is 0. The van der Waals surface area contributed by atoms with Crippen LogP contribution in [0.5, 0.6) is 5.88 Å². The smallest absolute Gasteiger partial charge is 0.421 e. The maximum Gasteiger partial charge on any atom is 0.421 e. The van der Waals surface area contributed by atoms with Crippen LogP contribution in [0.3, 0.4) is 0 Å². The Hall–Kier alpha value is -1.46. The number of hydrogen-bond donors (Lipinski definition) is 1. The number of anilines is 1. The highest BCUT2D eigenvalue weighted by molar-refractivity contribution is 5.43. The summed E-state index contributed by atoms with van der Waals surface area (Å²) in [4.78, 5) is 3.40. The number of nitrogens with two attached hydrogens (primary N) is 1. The molecule has 3 nitrogen and oxygen atoms in total. The number of methoxy groups -OCH3 is 1. The van der Waals surface area contributed by atoms with Gasteiger partial charge in [0.1, 0.15) is 5.56 Å². The highest BCUT2D eigenvalue weighted by Crippen LogP contribution is 2.35. The van der Waals surface area contributed by atoms with Crippen molar-refractivity contribution < 1.29 is 17.9 Å². The van der Waals surface area contributed by atoms with Crippen LogP contribution in [0.15, 0.2) is 12.3 Å². The summed E-state index contributed by atoms with van der Waals surface area (Å²) in [5, 5.41) is 0. The number of nitrogen functional groups attached to an aromatic ring is 1. The highest BCUT2D eigenvalue weighted by Gasteiger charge is 2.35. The molecule has 0 fully saturated rings. The van der Waals surface area contributed by atoms with Crippen molar-refractivity contribution >= 4 is 5.69 Å². The zero-order valence-electron chi connectivity index (χ0n) is 6.72. The van der Waals surface area contributed by atoms with E-state index in [0.717, 1.165) is 19.4 Å². The molecule has 0 aliphatic carbocycles. The second-order valence-corrected chi connectivity index (χ2v) is 2.32. The fraction of sp³-hybridized carbons (Fsp3) is 0.286. The number of hydrogen-bond acceptors (Lipinski definition) is 3. The average Bonchev–Trinajstić information content (AvgIpc) is 2.03. The largest absolute Gasteiger partial charge is 0.481 e. The molecule has 2 N–H and O–H groups in total. The summed E-state index contributed by atoms with van der Waals surface area (Å²) in [6, 6.07) is 0.784. The van der Waals surface area contributed by atoms with E-state index in [1.165, 1.54) is 0 Å². The molecule has 0 aliphatic heterocycles. The number of ether oxygens (including phenoxy) is 1. The van der Waals surface area contributed by atoms with Gasteiger partial charge in [-0.05, 0) is 6.07 Å². The molecule has 0 atom stereocenters. The lowest BCUT2D eigenvalue weighted by molar-refractivity contribution is -0.139. The van der Waals surface area contributed by atoms with E-state index in [1.54, 1.807) is 0 Å². The molecule has 0 radical (unpaired) electrons. The van der Waals surface area contributed by atoms with E-state index in [2.05, 4.69) is 9.72 Å². The molecule has 0 saturated heterocycles. The third kappa shape index (κ3) is 2.01. The van der Waals surface area contributed by atoms with Crippen molar-refractivity contribution in [2.45, 2.75) is 6.18 Å². The van der Waals surface area contributed by atoms with E-state index >= 15 is 0 Å². The summed E-state index contributed by atoms with van der Waals surface area (Å²) >= 11 is 0. The predicted molar refractivity (Wildman–Crippen MR) is 40.2 cm³/mol. The number of halogens is 3. The quantitative estimate of drug-likeness (QED) is 0.736. The van der Waals surface area contributed by atoms with Gasteiger partial charge < -0.3 is 10.5 Å². The second kappa shape index (κ2) is 3.12. The minimum absolute atomic E-state index is 0.0480. The van der Waals surface area contributed by atoms with Crippen LogP contribution in [0.1, 0.15) is 5.56 Å². The van der Waals surface area contributed by atoms with E-state index in [9.17, 15) is 13.2 Å². The van der Waals surface area contributed by atoms with Gasteiger partial charge in [-0.2, -0.15) is 13.2 Å². The van der Waals surface area contributed by atoms with Crippen molar-refractivity contribution in [1.29, 1.82) is 0 Å². The van der Waals surface area contributed by atoms with Gasteiger partial charge in [0.05, 0.1) is 19.0 Å². The Kier molecular flexibility index (Phi) is 2.31. The van der Waals surface area contributed by atoms with Gasteiger partial charge in [-0.1, -0.05) is 0 Å².